The molecule has 0 saturated carbocycles. The van der Waals surface area contributed by atoms with Crippen LogP contribution in [-0.2, 0) is 36.2 Å². The third kappa shape index (κ3) is 6.70. The van der Waals surface area contributed by atoms with Crippen LogP contribution in [0.1, 0.15) is 26.3 Å². The van der Waals surface area contributed by atoms with Crippen LogP contribution in [0.4, 0.5) is 5.69 Å². The summed E-state index contributed by atoms with van der Waals surface area (Å²) in [5.41, 5.74) is 1.58. The van der Waals surface area contributed by atoms with Gasteiger partial charge in [-0.2, -0.15) is 4.28 Å². The van der Waals surface area contributed by atoms with Gasteiger partial charge in [-0.05, 0) is 23.8 Å². The molecule has 0 fully saturated rings. The Morgan fingerprint density at radius 1 is 1.06 bits per heavy atom. The van der Waals surface area contributed by atoms with E-state index in [-0.39, 0.29) is 17.7 Å². The lowest BCUT2D eigenvalue weighted by atomic mass is 10.1. The van der Waals surface area contributed by atoms with E-state index in [9.17, 15) is 18.6 Å². The molecule has 1 heterocycles. The molecule has 2 amide bonds. The number of nitrogens with zero attached hydrogens (tertiary/aromatic N) is 2. The molecule has 1 aliphatic heterocycles. The van der Waals surface area contributed by atoms with Crippen molar-refractivity contribution >= 4 is 34.6 Å². The normalized spacial score (nSPS) is 13.6. The largest absolute Gasteiger partial charge is 0.459 e. The van der Waals surface area contributed by atoms with Gasteiger partial charge in [0, 0.05) is 26.5 Å². The van der Waals surface area contributed by atoms with Crippen LogP contribution in [-0.4, -0.2) is 73.0 Å². The number of benzene rings is 2. The van der Waals surface area contributed by atoms with Gasteiger partial charge in [0.25, 0.3) is 11.8 Å². The summed E-state index contributed by atoms with van der Waals surface area (Å²) in [5.74, 6) is -1.86. The minimum atomic E-state index is -1.60. The van der Waals surface area contributed by atoms with Gasteiger partial charge in [0.05, 0.1) is 30.0 Å². The number of hydrogen-bond donors (Lipinski definition) is 1. The van der Waals surface area contributed by atoms with E-state index in [0.717, 1.165) is 10.5 Å². The number of ether oxygens (including phenoxy) is 2. The van der Waals surface area contributed by atoms with Gasteiger partial charge in [0.1, 0.15) is 13.2 Å². The summed E-state index contributed by atoms with van der Waals surface area (Å²) >= 11 is -1.60. The smallest absolute Gasteiger partial charge is 0.326 e. The summed E-state index contributed by atoms with van der Waals surface area (Å²) in [6.07, 6.45) is 1.39. The first kappa shape index (κ1) is 25.5. The number of carbonyl (C=O) groups excluding carboxylic acids is 3. The molecule has 2 aromatic carbocycles. The molecule has 1 aliphatic rings. The number of hydroxylamine groups is 1. The van der Waals surface area contributed by atoms with Crippen LogP contribution >= 0.6 is 0 Å². The predicted molar refractivity (Wildman–Crippen MR) is 125 cm³/mol. The van der Waals surface area contributed by atoms with Crippen LogP contribution < -0.4 is 10.4 Å². The molecule has 1 N–H and O–H groups in total. The molecule has 3 rings (SSSR count). The Bertz CT molecular complexity index is 1050. The topological polar surface area (TPSA) is 114 Å². The van der Waals surface area contributed by atoms with Crippen LogP contribution in [0.2, 0.25) is 0 Å². The summed E-state index contributed by atoms with van der Waals surface area (Å²) in [7, 11) is 1.60. The molecule has 10 nitrogen and oxygen atoms in total. The molecule has 1 atom stereocenters. The zero-order valence-electron chi connectivity index (χ0n) is 19.0. The molecule has 0 spiro atoms. The van der Waals surface area contributed by atoms with E-state index in [2.05, 4.69) is 5.32 Å². The zero-order valence-corrected chi connectivity index (χ0v) is 19.8. The summed E-state index contributed by atoms with van der Waals surface area (Å²) in [6, 6.07) is 13.7. The number of nitrogens with one attached hydrogen (secondary N) is 1. The van der Waals surface area contributed by atoms with E-state index in [0.29, 0.717) is 31.9 Å². The predicted octanol–water partition coefficient (Wildman–Crippen LogP) is 1.29. The van der Waals surface area contributed by atoms with Crippen LogP contribution in [0.3, 0.4) is 0 Å². The van der Waals surface area contributed by atoms with Gasteiger partial charge in [0.15, 0.2) is 11.1 Å². The Morgan fingerprint density at radius 3 is 2.50 bits per heavy atom. The van der Waals surface area contributed by atoms with Gasteiger partial charge in [-0.3, -0.25) is 19.3 Å². The number of anilines is 1. The van der Waals surface area contributed by atoms with Crippen molar-refractivity contribution in [2.75, 3.05) is 51.2 Å². The van der Waals surface area contributed by atoms with Gasteiger partial charge in [-0.15, -0.1) is 0 Å². The van der Waals surface area contributed by atoms with E-state index in [1.165, 1.54) is 23.5 Å². The SMILES string of the molecule is COCCNCCN(OS(C)=O)c1ccc2c(c1)C(=O)N(CC(=O)OCc1ccccc1)C2=O. The molecule has 182 valence electrons. The minimum Gasteiger partial charge on any atom is -0.459 e. The van der Waals surface area contributed by atoms with Gasteiger partial charge in [-0.25, -0.2) is 9.27 Å². The van der Waals surface area contributed by atoms with Crippen LogP contribution in [0.5, 0.6) is 0 Å². The van der Waals surface area contributed by atoms with Crippen molar-refractivity contribution in [2.24, 2.45) is 0 Å². The van der Waals surface area contributed by atoms with Crippen molar-refractivity contribution < 1.29 is 32.4 Å². The summed E-state index contributed by atoms with van der Waals surface area (Å²) < 4.78 is 27.2. The minimum absolute atomic E-state index is 0.0475. The average molecular weight is 490 g/mol. The quantitative estimate of drug-likeness (QED) is 0.192. The molecule has 0 aliphatic carbocycles. The number of esters is 1. The second-order valence-electron chi connectivity index (χ2n) is 7.39. The first-order valence-corrected chi connectivity index (χ1v) is 12.1. The van der Waals surface area contributed by atoms with Crippen LogP contribution in [0, 0.1) is 0 Å². The molecule has 11 heteroatoms. The number of hydrogen-bond acceptors (Lipinski definition) is 9. The second kappa shape index (κ2) is 12.4. The number of carbonyl (C=O) groups is 3. The summed E-state index contributed by atoms with van der Waals surface area (Å²) in [5, 5.41) is 4.55. The molecule has 0 radical (unpaired) electrons. The molecular weight excluding hydrogens is 462 g/mol. The van der Waals surface area contributed by atoms with Crippen molar-refractivity contribution in [3.8, 4) is 0 Å². The van der Waals surface area contributed by atoms with Crippen LogP contribution in [0.25, 0.3) is 0 Å². The maximum absolute atomic E-state index is 12.9. The number of imide groups is 1. The van der Waals surface area contributed by atoms with Gasteiger partial charge in [-0.1, -0.05) is 30.3 Å². The Labute approximate surface area is 200 Å². The fraction of sp³-hybridized carbons (Fsp3) is 0.348. The van der Waals surface area contributed by atoms with Crippen molar-refractivity contribution in [3.63, 3.8) is 0 Å². The fourth-order valence-electron chi connectivity index (χ4n) is 3.31. The zero-order chi connectivity index (χ0) is 24.5. The van der Waals surface area contributed by atoms with E-state index >= 15 is 0 Å². The highest BCUT2D eigenvalue weighted by molar-refractivity contribution is 7.79. The maximum atomic E-state index is 12.9. The lowest BCUT2D eigenvalue weighted by Gasteiger charge is -2.22. The lowest BCUT2D eigenvalue weighted by Crippen LogP contribution is -2.35. The molecule has 1 unspecified atom stereocenters. The third-order valence-electron chi connectivity index (χ3n) is 4.94. The highest BCUT2D eigenvalue weighted by atomic mass is 32.2. The van der Waals surface area contributed by atoms with Crippen molar-refractivity contribution in [1.29, 1.82) is 0 Å². The third-order valence-corrected chi connectivity index (χ3v) is 5.33. The number of fused-ring (bicyclic) bond motifs is 1. The molecule has 0 saturated heterocycles. The fourth-order valence-corrected chi connectivity index (χ4v) is 3.72. The second-order valence-corrected chi connectivity index (χ2v) is 8.35. The van der Waals surface area contributed by atoms with Crippen molar-refractivity contribution in [3.05, 3.63) is 65.2 Å². The van der Waals surface area contributed by atoms with E-state index in [1.807, 2.05) is 18.2 Å². The average Bonchev–Trinajstić information content (AvgIpc) is 3.06. The number of amides is 2. The molecule has 34 heavy (non-hydrogen) atoms. The van der Waals surface area contributed by atoms with Gasteiger partial charge < -0.3 is 14.8 Å². The molecule has 0 aromatic heterocycles. The first-order chi connectivity index (χ1) is 16.4. The van der Waals surface area contributed by atoms with E-state index in [1.54, 1.807) is 25.3 Å². The molecule has 2 aromatic rings. The van der Waals surface area contributed by atoms with Crippen molar-refractivity contribution in [2.45, 2.75) is 6.61 Å². The highest BCUT2D eigenvalue weighted by Crippen LogP contribution is 2.28. The van der Waals surface area contributed by atoms with E-state index < -0.39 is 35.4 Å². The van der Waals surface area contributed by atoms with Gasteiger partial charge in [0.2, 0.25) is 0 Å². The molecule has 0 bridgehead atoms. The lowest BCUT2D eigenvalue weighted by molar-refractivity contribution is -0.145. The highest BCUT2D eigenvalue weighted by Gasteiger charge is 2.37. The number of methoxy groups -OCH3 is 1. The Hall–Kier alpha value is -3.12. The summed E-state index contributed by atoms with van der Waals surface area (Å²) in [4.78, 5) is 38.7. The monoisotopic (exact) mass is 489 g/mol. The van der Waals surface area contributed by atoms with Gasteiger partial charge >= 0.3 is 5.97 Å². The van der Waals surface area contributed by atoms with Crippen LogP contribution in [0.15, 0.2) is 48.5 Å². The number of rotatable bonds is 13. The Morgan fingerprint density at radius 2 is 1.79 bits per heavy atom. The van der Waals surface area contributed by atoms with Crippen molar-refractivity contribution in [1.82, 2.24) is 10.2 Å². The maximum Gasteiger partial charge on any atom is 0.326 e. The summed E-state index contributed by atoms with van der Waals surface area (Å²) in [6.45, 7) is 1.57. The Balaban J connectivity index is 1.66. The van der Waals surface area contributed by atoms with E-state index in [4.69, 9.17) is 13.8 Å². The standard InChI is InChI=1S/C23H27N3O7S/c1-31-13-11-24-10-12-26(33-34(2)30)18-8-9-19-20(14-18)23(29)25(22(19)28)15-21(27)32-16-17-6-4-3-5-7-17/h3-9,14,24H,10-13,15-16H2,1-2H3. The first-order valence-electron chi connectivity index (χ1n) is 10.6. The Kier molecular flexibility index (Phi) is 9.28. The molecular formula is C23H27N3O7S.